The average Bonchev–Trinajstić information content (AvgIpc) is 1.42. The van der Waals surface area contributed by atoms with Crippen molar-refractivity contribution in [1.82, 2.24) is 0 Å². The molecular weight excluding hydrogens is 351 g/mol. The number of rotatable bonds is 2. The summed E-state index contributed by atoms with van der Waals surface area (Å²) in [6.45, 7) is 0. The van der Waals surface area contributed by atoms with Gasteiger partial charge in [-0.25, -0.2) is 0 Å². The van der Waals surface area contributed by atoms with Crippen LogP contribution in [0.15, 0.2) is 0 Å². The molecule has 0 fully saturated rings. The maximum atomic E-state index is 9.53. The van der Waals surface area contributed by atoms with E-state index in [-0.39, 0.29) is 51.4 Å². The van der Waals surface area contributed by atoms with Gasteiger partial charge in [-0.3, -0.25) is 9.11 Å². The van der Waals surface area contributed by atoms with E-state index < -0.39 is 37.6 Å². The van der Waals surface area contributed by atoms with E-state index in [4.69, 9.17) is 25.8 Å². The van der Waals surface area contributed by atoms with Crippen molar-refractivity contribution in [2.75, 3.05) is 0 Å². The van der Waals surface area contributed by atoms with E-state index in [1.54, 1.807) is 0 Å². The zero-order valence-electron chi connectivity index (χ0n) is 6.87. The van der Waals surface area contributed by atoms with Gasteiger partial charge in [0.15, 0.2) is 0 Å². The Balaban J connectivity index is -0.000000208. The van der Waals surface area contributed by atoms with Gasteiger partial charge in [0.1, 0.15) is 0 Å². The van der Waals surface area contributed by atoms with Crippen LogP contribution in [0.1, 0.15) is 0 Å². The van der Waals surface area contributed by atoms with Crippen LogP contribution >= 0.6 is 0 Å². The number of hydrogen-bond donors (Lipinski definition) is 4. The second kappa shape index (κ2) is 7.88. The van der Waals surface area contributed by atoms with Gasteiger partial charge < -0.3 is 0 Å². The topological polar surface area (TPSA) is 193 Å². The summed E-state index contributed by atoms with van der Waals surface area (Å²) in [6, 6.07) is 0. The summed E-state index contributed by atoms with van der Waals surface area (Å²) in [5, 5.41) is 0. The fraction of sp³-hybridized carbons (Fsp3) is 0. The molecule has 0 saturated carbocycles. The maximum absolute atomic E-state index is 9.53. The normalized spacial score (nSPS) is 12.0. The molecule has 1 radical (unpaired) electrons. The van der Waals surface area contributed by atoms with Crippen LogP contribution < -0.4 is 0 Å². The average molecular weight is 355 g/mol. The van der Waals surface area contributed by atoms with Gasteiger partial charge in [-0.05, 0) is 0 Å². The molecule has 0 spiro atoms. The Morgan fingerprint density at radius 3 is 1.00 bits per heavy atom. The Morgan fingerprint density at radius 2 is 1.00 bits per heavy atom. The van der Waals surface area contributed by atoms with Crippen LogP contribution in [0.4, 0.5) is 0 Å². The molecular formula is H4Cr2KO11S. The zero-order chi connectivity index (χ0) is 12.2. The summed E-state index contributed by atoms with van der Waals surface area (Å²) in [4.78, 5) is 0. The predicted molar refractivity (Wildman–Crippen MR) is 28.2 cm³/mol. The van der Waals surface area contributed by atoms with Crippen LogP contribution in [0.3, 0.4) is 0 Å². The molecule has 89 valence electrons. The quantitative estimate of drug-likeness (QED) is 0.297. The van der Waals surface area contributed by atoms with Crippen LogP contribution in [-0.4, -0.2) is 77.2 Å². The molecule has 0 heterocycles. The van der Waals surface area contributed by atoms with Crippen LogP contribution in [0.25, 0.3) is 0 Å². The van der Waals surface area contributed by atoms with E-state index >= 15 is 0 Å². The first-order valence-corrected chi connectivity index (χ1v) is 7.72. The first kappa shape index (κ1) is 21.9. The van der Waals surface area contributed by atoms with Gasteiger partial charge in [-0.15, -0.1) is 0 Å². The van der Waals surface area contributed by atoms with Crippen molar-refractivity contribution in [3.63, 3.8) is 0 Å². The third kappa shape index (κ3) is 49.8. The summed E-state index contributed by atoms with van der Waals surface area (Å²) in [5.41, 5.74) is 0. The van der Waals surface area contributed by atoms with Crippen molar-refractivity contribution in [2.24, 2.45) is 0 Å². The summed E-state index contributed by atoms with van der Waals surface area (Å²) in [6.07, 6.45) is 0. The Labute approximate surface area is 131 Å². The van der Waals surface area contributed by atoms with Gasteiger partial charge in [0.2, 0.25) is 0 Å². The molecule has 0 aromatic heterocycles. The molecule has 0 aromatic carbocycles. The van der Waals surface area contributed by atoms with Crippen molar-refractivity contribution >= 4 is 61.8 Å². The molecule has 0 aromatic rings. The third-order valence-corrected chi connectivity index (χ3v) is 2.92. The first-order valence-electron chi connectivity index (χ1n) is 2.06. The molecule has 0 atom stereocenters. The van der Waals surface area contributed by atoms with E-state index in [2.05, 4.69) is 2.84 Å². The molecule has 0 rings (SSSR count). The summed E-state index contributed by atoms with van der Waals surface area (Å²) in [5.74, 6) is 0. The second-order valence-electron chi connectivity index (χ2n) is 1.37. The minimum absolute atomic E-state index is 0. The SMILES string of the molecule is O=S(=O)(O)O.[K].[O]=[Cr](=[O])([OH])[O][Cr](=[O])(=[O])[OH]. The predicted octanol–water partition coefficient (Wildman–Crippen LogP) is -2.70. The molecule has 0 aliphatic carbocycles. The Hall–Kier alpha value is 1.65. The van der Waals surface area contributed by atoms with Crippen LogP contribution in [0, 0.1) is 0 Å². The minimum atomic E-state index is -5.76. The van der Waals surface area contributed by atoms with Gasteiger partial charge in [0.05, 0.1) is 0 Å². The van der Waals surface area contributed by atoms with Crippen molar-refractivity contribution in [3.8, 4) is 0 Å². The molecule has 4 N–H and O–H groups in total. The van der Waals surface area contributed by atoms with E-state index in [1.165, 1.54) is 0 Å². The molecule has 0 aliphatic rings. The van der Waals surface area contributed by atoms with Crippen LogP contribution in [-0.2, 0) is 55.7 Å². The van der Waals surface area contributed by atoms with Gasteiger partial charge in [-0.2, -0.15) is 8.42 Å². The van der Waals surface area contributed by atoms with Crippen LogP contribution in [0.5, 0.6) is 0 Å². The van der Waals surface area contributed by atoms with Gasteiger partial charge in [0.25, 0.3) is 0 Å². The summed E-state index contributed by atoms with van der Waals surface area (Å²) in [7, 11) is -4.67. The van der Waals surface area contributed by atoms with Crippen molar-refractivity contribution < 1.29 is 71.1 Å². The van der Waals surface area contributed by atoms with Crippen molar-refractivity contribution in [3.05, 3.63) is 0 Å². The summed E-state index contributed by atoms with van der Waals surface area (Å²) >= 11 is -11.5. The molecule has 0 bridgehead atoms. The Bertz CT molecular complexity index is 411. The molecule has 0 saturated heterocycles. The number of hydrogen-bond acceptors (Lipinski definition) is 7. The Morgan fingerprint density at radius 1 is 0.867 bits per heavy atom. The standard InChI is InChI=1S/2Cr.K.H2O4S.2H2O.5O/c;;;1-5(2,3)4;;;;;;;/h;;;(H2,1,2,3,4);2*1H2;;;;;/q2*+1;;;;;;;;;/p-2. The monoisotopic (exact) mass is 355 g/mol. The third-order valence-electron chi connectivity index (χ3n) is 0.172. The van der Waals surface area contributed by atoms with E-state index in [0.29, 0.717) is 0 Å². The first-order chi connectivity index (χ1) is 5.71. The van der Waals surface area contributed by atoms with Gasteiger partial charge >= 0.3 is 64.0 Å². The fourth-order valence-corrected chi connectivity index (χ4v) is 1.85. The molecule has 11 nitrogen and oxygen atoms in total. The van der Waals surface area contributed by atoms with E-state index in [9.17, 15) is 15.2 Å². The van der Waals surface area contributed by atoms with Crippen molar-refractivity contribution in [1.29, 1.82) is 0 Å². The van der Waals surface area contributed by atoms with Crippen LogP contribution in [0.2, 0.25) is 0 Å². The fourth-order valence-electron chi connectivity index (χ4n) is 0.109. The molecule has 0 aliphatic heterocycles. The molecule has 15 heavy (non-hydrogen) atoms. The van der Waals surface area contributed by atoms with Crippen molar-refractivity contribution in [2.45, 2.75) is 0 Å². The van der Waals surface area contributed by atoms with E-state index in [1.807, 2.05) is 0 Å². The molecule has 0 unspecified atom stereocenters. The summed E-state index contributed by atoms with van der Waals surface area (Å²) < 4.78 is 87.8. The molecule has 15 heteroatoms. The zero-order valence-corrected chi connectivity index (χ0v) is 13.4. The van der Waals surface area contributed by atoms with Gasteiger partial charge in [0, 0.05) is 51.4 Å². The molecule has 0 amide bonds. The Kier molecular flexibility index (Phi) is 11.5. The second-order valence-corrected chi connectivity index (χ2v) is 6.03. The van der Waals surface area contributed by atoms with Gasteiger partial charge in [-0.1, -0.05) is 0 Å². The van der Waals surface area contributed by atoms with E-state index in [0.717, 1.165) is 0 Å².